The smallest absolute Gasteiger partial charge is 0.163 e. The van der Waals surface area contributed by atoms with Gasteiger partial charge in [0.15, 0.2) is 11.6 Å². The van der Waals surface area contributed by atoms with Crippen LogP contribution in [0.2, 0.25) is 0 Å². The Morgan fingerprint density at radius 1 is 0.682 bits per heavy atom. The number of aromatic nitrogens is 3. The quantitative estimate of drug-likeness (QED) is 0.699. The maximum Gasteiger partial charge on any atom is 0.163 e. The molecule has 0 saturated carbocycles. The standard InChI is InChI=1S/C19H19N3/c1-19(2,3)18-21-16(14-10-6-4-7-11-14)20-17(22-18)15-12-8-5-9-13-15/h4-13H,1-3H3/i4D,5D,6D,7D,8D,9D,10D,11D,12D,13D. The molecule has 0 atom stereocenters. The van der Waals surface area contributed by atoms with Crippen LogP contribution in [0.5, 0.6) is 0 Å². The van der Waals surface area contributed by atoms with E-state index in [0.29, 0.717) is 0 Å². The van der Waals surface area contributed by atoms with Gasteiger partial charge in [-0.15, -0.1) is 0 Å². The Labute approximate surface area is 145 Å². The number of rotatable bonds is 2. The van der Waals surface area contributed by atoms with Crippen LogP contribution in [0, 0.1) is 0 Å². The third kappa shape index (κ3) is 3.03. The molecule has 0 N–H and O–H groups in total. The summed E-state index contributed by atoms with van der Waals surface area (Å²) in [6.07, 6.45) is 0. The lowest BCUT2D eigenvalue weighted by Gasteiger charge is -2.18. The summed E-state index contributed by atoms with van der Waals surface area (Å²) in [5.41, 5.74) is -1.22. The highest BCUT2D eigenvalue weighted by Gasteiger charge is 2.20. The van der Waals surface area contributed by atoms with Gasteiger partial charge >= 0.3 is 0 Å². The maximum absolute atomic E-state index is 8.22. The monoisotopic (exact) mass is 299 g/mol. The maximum atomic E-state index is 8.22. The molecule has 0 unspecified atom stereocenters. The molecule has 3 heteroatoms. The van der Waals surface area contributed by atoms with Crippen molar-refractivity contribution in [3.05, 3.63) is 66.2 Å². The van der Waals surface area contributed by atoms with E-state index in [1.54, 1.807) is 20.8 Å². The lowest BCUT2D eigenvalue weighted by atomic mass is 9.95. The molecule has 3 nitrogen and oxygen atoms in total. The minimum absolute atomic E-state index is 0.163. The zero-order valence-corrected chi connectivity index (χ0v) is 12.3. The molecule has 0 amide bonds. The van der Waals surface area contributed by atoms with Crippen molar-refractivity contribution < 1.29 is 13.7 Å². The van der Waals surface area contributed by atoms with E-state index < -0.39 is 65.8 Å². The van der Waals surface area contributed by atoms with Crippen molar-refractivity contribution in [1.82, 2.24) is 15.0 Å². The van der Waals surface area contributed by atoms with E-state index in [2.05, 4.69) is 15.0 Å². The first kappa shape index (κ1) is 6.69. The Balaban J connectivity index is 2.47. The fraction of sp³-hybridized carbons (Fsp3) is 0.211. The Kier molecular flexibility index (Phi) is 1.73. The van der Waals surface area contributed by atoms with Crippen molar-refractivity contribution in [2.45, 2.75) is 26.2 Å². The molecule has 0 aliphatic carbocycles. The zero-order chi connectivity index (χ0) is 24.3. The number of nitrogens with zero attached hydrogens (tertiary/aromatic N) is 3. The molecule has 0 radical (unpaired) electrons. The van der Waals surface area contributed by atoms with Gasteiger partial charge in [-0.2, -0.15) is 0 Å². The third-order valence-electron chi connectivity index (χ3n) is 2.75. The summed E-state index contributed by atoms with van der Waals surface area (Å²) >= 11 is 0. The summed E-state index contributed by atoms with van der Waals surface area (Å²) in [6.45, 7) is 5.33. The van der Waals surface area contributed by atoms with Gasteiger partial charge in [0.2, 0.25) is 0 Å². The molecule has 0 saturated heterocycles. The Morgan fingerprint density at radius 3 is 1.45 bits per heavy atom. The molecule has 0 spiro atoms. The second kappa shape index (κ2) is 5.68. The van der Waals surface area contributed by atoms with Crippen LogP contribution in [0.3, 0.4) is 0 Å². The van der Waals surface area contributed by atoms with Crippen molar-refractivity contribution in [2.24, 2.45) is 0 Å². The van der Waals surface area contributed by atoms with Crippen LogP contribution in [-0.2, 0) is 5.41 Å². The third-order valence-corrected chi connectivity index (χ3v) is 2.75. The van der Waals surface area contributed by atoms with Gasteiger partial charge in [0.25, 0.3) is 0 Å². The molecule has 1 heterocycles. The van der Waals surface area contributed by atoms with Gasteiger partial charge in [-0.25, -0.2) is 15.0 Å². The molecule has 3 rings (SSSR count). The van der Waals surface area contributed by atoms with Gasteiger partial charge in [0, 0.05) is 16.5 Å². The van der Waals surface area contributed by atoms with Gasteiger partial charge in [-0.1, -0.05) is 81.2 Å². The predicted molar refractivity (Wildman–Crippen MR) is 89.4 cm³/mol. The summed E-state index contributed by atoms with van der Waals surface area (Å²) < 4.78 is 80.1. The van der Waals surface area contributed by atoms with E-state index in [1.165, 1.54) is 0 Å². The van der Waals surface area contributed by atoms with Crippen molar-refractivity contribution in [3.8, 4) is 22.8 Å². The lowest BCUT2D eigenvalue weighted by molar-refractivity contribution is 0.543. The summed E-state index contributed by atoms with van der Waals surface area (Å²) in [5.74, 6) is -0.330. The molecule has 3 aromatic rings. The van der Waals surface area contributed by atoms with E-state index in [-0.39, 0.29) is 28.6 Å². The molecule has 0 aliphatic rings. The molecule has 0 fully saturated rings. The Bertz CT molecular complexity index is 1120. The topological polar surface area (TPSA) is 38.7 Å². The average Bonchev–Trinajstić information content (AvgIpc) is 2.73. The summed E-state index contributed by atoms with van der Waals surface area (Å²) in [4.78, 5) is 12.8. The van der Waals surface area contributed by atoms with Crippen LogP contribution >= 0.6 is 0 Å². The SMILES string of the molecule is [2H]c1c([2H])c([2H])c(-c2nc(-c3c([2H])c([2H])c([2H])c([2H])c3[2H])nc(C(C)(C)C)n2)c([2H])c1[2H]. The predicted octanol–water partition coefficient (Wildman–Crippen LogP) is 4.50. The normalized spacial score (nSPS) is 17.8. The van der Waals surface area contributed by atoms with Crippen LogP contribution in [0.25, 0.3) is 22.8 Å². The second-order valence-electron chi connectivity index (χ2n) is 5.56. The van der Waals surface area contributed by atoms with E-state index in [4.69, 9.17) is 13.7 Å². The first-order chi connectivity index (χ1) is 14.7. The van der Waals surface area contributed by atoms with E-state index in [0.717, 1.165) is 0 Å². The minimum atomic E-state index is -0.687. The summed E-state index contributed by atoms with van der Waals surface area (Å²) in [6, 6.07) is -5.48. The molecule has 0 aliphatic heterocycles. The highest BCUT2D eigenvalue weighted by Crippen LogP contribution is 2.25. The molecule has 2 aromatic carbocycles. The second-order valence-corrected chi connectivity index (χ2v) is 5.56. The number of benzene rings is 2. The molecule has 22 heavy (non-hydrogen) atoms. The number of hydrogen-bond acceptors (Lipinski definition) is 3. The fourth-order valence-corrected chi connectivity index (χ4v) is 1.66. The van der Waals surface area contributed by atoms with Gasteiger partial charge < -0.3 is 0 Å². The molecule has 110 valence electrons. The van der Waals surface area contributed by atoms with Gasteiger partial charge in [-0.05, 0) is 0 Å². The van der Waals surface area contributed by atoms with E-state index in [9.17, 15) is 0 Å². The number of hydrogen-bond donors (Lipinski definition) is 0. The van der Waals surface area contributed by atoms with E-state index in [1.807, 2.05) is 0 Å². The van der Waals surface area contributed by atoms with E-state index >= 15 is 0 Å². The van der Waals surface area contributed by atoms with Gasteiger partial charge in [0.05, 0.1) is 13.7 Å². The van der Waals surface area contributed by atoms with Crippen LogP contribution in [-0.4, -0.2) is 15.0 Å². The Morgan fingerprint density at radius 2 is 1.09 bits per heavy atom. The van der Waals surface area contributed by atoms with Crippen LogP contribution in [0.15, 0.2) is 60.4 Å². The average molecular weight is 299 g/mol. The van der Waals surface area contributed by atoms with Gasteiger partial charge in [0.1, 0.15) is 5.82 Å². The van der Waals surface area contributed by atoms with Crippen molar-refractivity contribution in [3.63, 3.8) is 0 Å². The molecular weight excluding hydrogens is 270 g/mol. The largest absolute Gasteiger partial charge is 0.212 e. The van der Waals surface area contributed by atoms with Crippen molar-refractivity contribution >= 4 is 0 Å². The molecule has 0 bridgehead atoms. The van der Waals surface area contributed by atoms with Crippen LogP contribution < -0.4 is 0 Å². The van der Waals surface area contributed by atoms with Crippen molar-refractivity contribution in [2.75, 3.05) is 0 Å². The summed E-state index contributed by atoms with van der Waals surface area (Å²) in [5, 5.41) is 0. The highest BCUT2D eigenvalue weighted by molar-refractivity contribution is 5.60. The zero-order valence-electron chi connectivity index (χ0n) is 22.3. The first-order valence-corrected chi connectivity index (χ1v) is 6.59. The fourth-order valence-electron chi connectivity index (χ4n) is 1.66. The van der Waals surface area contributed by atoms with Crippen LogP contribution in [0.1, 0.15) is 40.3 Å². The molecular formula is C19H19N3. The summed E-state index contributed by atoms with van der Waals surface area (Å²) in [7, 11) is 0. The van der Waals surface area contributed by atoms with Crippen LogP contribution in [0.4, 0.5) is 0 Å². The minimum Gasteiger partial charge on any atom is -0.212 e. The molecule has 1 aromatic heterocycles. The Hall–Kier alpha value is -2.55. The van der Waals surface area contributed by atoms with Crippen molar-refractivity contribution in [1.29, 1.82) is 0 Å². The highest BCUT2D eigenvalue weighted by atomic mass is 15.0. The lowest BCUT2D eigenvalue weighted by Crippen LogP contribution is -2.18. The van der Waals surface area contributed by atoms with Gasteiger partial charge in [-0.3, -0.25) is 0 Å². The first-order valence-electron chi connectivity index (χ1n) is 11.6.